The molecule has 0 bridgehead atoms. The number of carbonyl (C=O) groups excluding carboxylic acids is 2. The number of alkyl halides is 5. The van der Waals surface area contributed by atoms with E-state index >= 15 is 0 Å². The van der Waals surface area contributed by atoms with Gasteiger partial charge in [-0.15, -0.1) is 0 Å². The molecule has 0 aliphatic heterocycles. The third kappa shape index (κ3) is 5.32. The van der Waals surface area contributed by atoms with Gasteiger partial charge in [-0.05, 0) is 24.6 Å². The van der Waals surface area contributed by atoms with E-state index in [0.717, 1.165) is 12.1 Å². The van der Waals surface area contributed by atoms with Gasteiger partial charge in [0, 0.05) is 5.57 Å². The van der Waals surface area contributed by atoms with E-state index in [1.54, 1.807) is 0 Å². The molecule has 9 heteroatoms. The van der Waals surface area contributed by atoms with Crippen LogP contribution < -0.4 is 0 Å². The fourth-order valence-corrected chi connectivity index (χ4v) is 1.33. The summed E-state index contributed by atoms with van der Waals surface area (Å²) in [6, 6.07) is 4.98. The number of esters is 2. The number of halogens is 5. The first-order valence-electron chi connectivity index (χ1n) is 6.47. The van der Waals surface area contributed by atoms with E-state index in [-0.39, 0.29) is 17.7 Å². The second kappa shape index (κ2) is 7.41. The summed E-state index contributed by atoms with van der Waals surface area (Å²) < 4.78 is 70.0. The summed E-state index contributed by atoms with van der Waals surface area (Å²) in [5, 5.41) is 0. The van der Waals surface area contributed by atoms with Crippen LogP contribution in [0.15, 0.2) is 36.4 Å². The van der Waals surface area contributed by atoms with Crippen molar-refractivity contribution in [1.29, 1.82) is 0 Å². The molecule has 0 spiro atoms. The van der Waals surface area contributed by atoms with Gasteiger partial charge in [-0.1, -0.05) is 18.7 Å². The van der Waals surface area contributed by atoms with Crippen LogP contribution in [-0.4, -0.2) is 30.6 Å². The van der Waals surface area contributed by atoms with Crippen LogP contribution in [0.2, 0.25) is 0 Å². The van der Waals surface area contributed by atoms with Gasteiger partial charge in [0.25, 0.3) is 0 Å². The molecule has 1 aromatic rings. The highest BCUT2D eigenvalue weighted by molar-refractivity contribution is 5.89. The number of ether oxygens (including phenoxy) is 2. The Kier molecular flexibility index (Phi) is 6.05. The van der Waals surface area contributed by atoms with Crippen molar-refractivity contribution in [3.05, 3.63) is 47.5 Å². The van der Waals surface area contributed by atoms with E-state index in [9.17, 15) is 31.5 Å². The maximum absolute atomic E-state index is 12.7. The second-order valence-electron chi connectivity index (χ2n) is 4.83. The zero-order valence-corrected chi connectivity index (χ0v) is 12.5. The standard InChI is InChI=1S/C15H13F5O4/c1-9(2)12(21)23-7-10-3-5-11(6-4-10)13(22)24-8-14(16,17)15(18,19)20/h3-6H,1,7-8H2,2H3. The first kappa shape index (κ1) is 19.6. The predicted molar refractivity (Wildman–Crippen MR) is 72.3 cm³/mol. The molecule has 4 nitrogen and oxygen atoms in total. The van der Waals surface area contributed by atoms with Crippen LogP contribution in [0.5, 0.6) is 0 Å². The minimum absolute atomic E-state index is 0.118. The smallest absolute Gasteiger partial charge is 0.456 e. The van der Waals surface area contributed by atoms with Crippen molar-refractivity contribution in [2.75, 3.05) is 6.61 Å². The quantitative estimate of drug-likeness (QED) is 0.445. The van der Waals surface area contributed by atoms with Crippen molar-refractivity contribution < 1.29 is 41.0 Å². The van der Waals surface area contributed by atoms with Gasteiger partial charge in [0.1, 0.15) is 6.61 Å². The Bertz CT molecular complexity index is 620. The lowest BCUT2D eigenvalue weighted by Crippen LogP contribution is -2.41. The van der Waals surface area contributed by atoms with Crippen molar-refractivity contribution in [3.63, 3.8) is 0 Å². The monoisotopic (exact) mass is 352 g/mol. The number of rotatable bonds is 6. The molecule has 0 saturated carbocycles. The largest absolute Gasteiger partial charge is 0.457 e. The lowest BCUT2D eigenvalue weighted by Gasteiger charge is -2.19. The van der Waals surface area contributed by atoms with Crippen LogP contribution in [0.25, 0.3) is 0 Å². The zero-order valence-electron chi connectivity index (χ0n) is 12.5. The summed E-state index contributed by atoms with van der Waals surface area (Å²) in [7, 11) is 0. The van der Waals surface area contributed by atoms with Crippen molar-refractivity contribution in [1.82, 2.24) is 0 Å². The van der Waals surface area contributed by atoms with Crippen molar-refractivity contribution in [2.45, 2.75) is 25.6 Å². The number of hydrogen-bond acceptors (Lipinski definition) is 4. The average Bonchev–Trinajstić information content (AvgIpc) is 2.49. The van der Waals surface area contributed by atoms with E-state index in [0.29, 0.717) is 5.56 Å². The summed E-state index contributed by atoms with van der Waals surface area (Å²) in [5.74, 6) is -7.07. The first-order valence-corrected chi connectivity index (χ1v) is 6.47. The zero-order chi connectivity index (χ0) is 18.5. The average molecular weight is 352 g/mol. The third-order valence-corrected chi connectivity index (χ3v) is 2.71. The molecule has 0 N–H and O–H groups in total. The lowest BCUT2D eigenvalue weighted by molar-refractivity contribution is -0.292. The van der Waals surface area contributed by atoms with Crippen molar-refractivity contribution in [3.8, 4) is 0 Å². The summed E-state index contributed by atoms with van der Waals surface area (Å²) in [6.45, 7) is 2.62. The molecule has 0 amide bonds. The molecule has 0 aromatic heterocycles. The lowest BCUT2D eigenvalue weighted by atomic mass is 10.1. The highest BCUT2D eigenvalue weighted by Crippen LogP contribution is 2.35. The maximum Gasteiger partial charge on any atom is 0.456 e. The van der Waals surface area contributed by atoms with Gasteiger partial charge < -0.3 is 9.47 Å². The van der Waals surface area contributed by atoms with E-state index < -0.39 is 30.6 Å². The molecule has 0 aliphatic rings. The molecular formula is C15H13F5O4. The van der Waals surface area contributed by atoms with Gasteiger partial charge in [0.15, 0.2) is 6.61 Å². The summed E-state index contributed by atoms with van der Waals surface area (Å²) in [5.41, 5.74) is 0.450. The predicted octanol–water partition coefficient (Wildman–Crippen LogP) is 3.66. The molecule has 0 aliphatic carbocycles. The van der Waals surface area contributed by atoms with Crippen LogP contribution >= 0.6 is 0 Å². The summed E-state index contributed by atoms with van der Waals surface area (Å²) >= 11 is 0. The fraction of sp³-hybridized carbons (Fsp3) is 0.333. The summed E-state index contributed by atoms with van der Waals surface area (Å²) in [6.07, 6.45) is -5.80. The number of carbonyl (C=O) groups is 2. The first-order chi connectivity index (χ1) is 10.9. The molecule has 0 radical (unpaired) electrons. The maximum atomic E-state index is 12.7. The Morgan fingerprint density at radius 3 is 2.04 bits per heavy atom. The minimum Gasteiger partial charge on any atom is -0.457 e. The van der Waals surface area contributed by atoms with E-state index in [1.165, 1.54) is 19.1 Å². The van der Waals surface area contributed by atoms with Crippen molar-refractivity contribution >= 4 is 11.9 Å². The Morgan fingerprint density at radius 2 is 1.58 bits per heavy atom. The van der Waals surface area contributed by atoms with E-state index in [2.05, 4.69) is 11.3 Å². The van der Waals surface area contributed by atoms with Gasteiger partial charge in [0.05, 0.1) is 5.56 Å². The van der Waals surface area contributed by atoms with Crippen LogP contribution in [0.4, 0.5) is 22.0 Å². The molecular weight excluding hydrogens is 339 g/mol. The van der Waals surface area contributed by atoms with Gasteiger partial charge in [-0.3, -0.25) is 0 Å². The highest BCUT2D eigenvalue weighted by Gasteiger charge is 2.58. The SMILES string of the molecule is C=C(C)C(=O)OCc1ccc(C(=O)OCC(F)(F)C(F)(F)F)cc1. The van der Waals surface area contributed by atoms with E-state index in [1.807, 2.05) is 0 Å². The number of benzene rings is 1. The molecule has 0 atom stereocenters. The van der Waals surface area contributed by atoms with E-state index in [4.69, 9.17) is 4.74 Å². The molecule has 0 fully saturated rings. The third-order valence-electron chi connectivity index (χ3n) is 2.71. The topological polar surface area (TPSA) is 52.6 Å². The Morgan fingerprint density at radius 1 is 1.04 bits per heavy atom. The van der Waals surface area contributed by atoms with Crippen LogP contribution in [-0.2, 0) is 20.9 Å². The summed E-state index contributed by atoms with van der Waals surface area (Å²) in [4.78, 5) is 22.7. The van der Waals surface area contributed by atoms with Crippen molar-refractivity contribution in [2.24, 2.45) is 0 Å². The molecule has 24 heavy (non-hydrogen) atoms. The molecule has 0 heterocycles. The second-order valence-corrected chi connectivity index (χ2v) is 4.83. The van der Waals surface area contributed by atoms with Gasteiger partial charge in [-0.25, -0.2) is 9.59 Å². The van der Waals surface area contributed by atoms with Crippen LogP contribution in [0.3, 0.4) is 0 Å². The molecule has 0 saturated heterocycles. The molecule has 132 valence electrons. The Hall–Kier alpha value is -2.45. The van der Waals surface area contributed by atoms with Gasteiger partial charge in [-0.2, -0.15) is 22.0 Å². The fourth-order valence-electron chi connectivity index (χ4n) is 1.33. The molecule has 1 aromatic carbocycles. The molecule has 0 unspecified atom stereocenters. The van der Waals surface area contributed by atoms with Crippen LogP contribution in [0.1, 0.15) is 22.8 Å². The minimum atomic E-state index is -5.80. The van der Waals surface area contributed by atoms with Gasteiger partial charge in [0.2, 0.25) is 0 Å². The Labute approximate surface area is 133 Å². The highest BCUT2D eigenvalue weighted by atomic mass is 19.4. The molecule has 1 rings (SSSR count). The van der Waals surface area contributed by atoms with Gasteiger partial charge >= 0.3 is 24.0 Å². The number of hydrogen-bond donors (Lipinski definition) is 0. The Balaban J connectivity index is 2.61. The normalized spacial score (nSPS) is 11.8. The van der Waals surface area contributed by atoms with Crippen LogP contribution in [0, 0.1) is 0 Å².